The van der Waals surface area contributed by atoms with E-state index in [1.54, 1.807) is 30.3 Å². The lowest BCUT2D eigenvalue weighted by atomic mass is 9.82. The maximum Gasteiger partial charge on any atom is 0.459 e. The summed E-state index contributed by atoms with van der Waals surface area (Å²) in [5, 5.41) is 11.5. The zero-order valence-electron chi connectivity index (χ0n) is 14.5. The number of ketones is 1. The summed E-state index contributed by atoms with van der Waals surface area (Å²) in [6, 6.07) is 6.78. The second-order valence-electron chi connectivity index (χ2n) is 6.62. The Morgan fingerprint density at radius 2 is 2.00 bits per heavy atom. The van der Waals surface area contributed by atoms with E-state index in [0.717, 1.165) is 25.9 Å². The Hall–Kier alpha value is -1.73. The molecule has 2 N–H and O–H groups in total. The molecule has 9 heteroatoms. The second-order valence-corrected chi connectivity index (χ2v) is 8.31. The van der Waals surface area contributed by atoms with Gasteiger partial charge in [0.05, 0.1) is 12.6 Å². The van der Waals surface area contributed by atoms with Crippen molar-refractivity contribution in [3.05, 3.63) is 30.3 Å². The number of benzene rings is 1. The average molecular weight is 382 g/mol. The first-order valence-corrected chi connectivity index (χ1v) is 10.2. The molecule has 2 bridgehead atoms. The highest BCUT2D eigenvalue weighted by atomic mass is 31.2. The molecule has 26 heavy (non-hydrogen) atoms. The van der Waals surface area contributed by atoms with Gasteiger partial charge in [0.15, 0.2) is 5.78 Å². The summed E-state index contributed by atoms with van der Waals surface area (Å²) in [5.74, 6) is -0.756. The van der Waals surface area contributed by atoms with Crippen molar-refractivity contribution in [2.24, 2.45) is 5.92 Å². The van der Waals surface area contributed by atoms with Crippen molar-refractivity contribution in [1.29, 1.82) is 0 Å². The summed E-state index contributed by atoms with van der Waals surface area (Å²) in [7, 11) is -3.98. The topological polar surface area (TPSA) is 105 Å². The first kappa shape index (κ1) is 19.0. The van der Waals surface area contributed by atoms with E-state index in [9.17, 15) is 14.2 Å². The van der Waals surface area contributed by atoms with Gasteiger partial charge >= 0.3 is 13.7 Å². The summed E-state index contributed by atoms with van der Waals surface area (Å²) in [4.78, 5) is 25.6. The van der Waals surface area contributed by atoms with Crippen molar-refractivity contribution in [2.75, 3.05) is 19.7 Å². The van der Waals surface area contributed by atoms with Crippen molar-refractivity contribution in [3.63, 3.8) is 0 Å². The van der Waals surface area contributed by atoms with Crippen molar-refractivity contribution >= 4 is 19.5 Å². The molecular formula is C17H23N2O6P. The number of carboxylic acid groups (broad SMARTS) is 1. The third-order valence-corrected chi connectivity index (χ3v) is 6.44. The van der Waals surface area contributed by atoms with Gasteiger partial charge in [0.2, 0.25) is 0 Å². The maximum atomic E-state index is 13.1. The molecule has 3 saturated heterocycles. The van der Waals surface area contributed by atoms with Crippen molar-refractivity contribution in [1.82, 2.24) is 9.99 Å². The number of rotatable bonds is 8. The number of nitrogens with one attached hydrogen (secondary N) is 1. The summed E-state index contributed by atoms with van der Waals surface area (Å²) in [5.41, 5.74) is 0. The molecule has 0 amide bonds. The minimum absolute atomic E-state index is 0.0360. The molecule has 3 atom stereocenters. The number of fused-ring (bicyclic) bond motifs is 3. The number of hydrogen-bond donors (Lipinski definition) is 2. The summed E-state index contributed by atoms with van der Waals surface area (Å²) < 4.78 is 24.1. The van der Waals surface area contributed by atoms with Crippen LogP contribution in [0.2, 0.25) is 0 Å². The van der Waals surface area contributed by atoms with Crippen molar-refractivity contribution < 1.29 is 28.3 Å². The van der Waals surface area contributed by atoms with Gasteiger partial charge in [0, 0.05) is 5.92 Å². The molecule has 0 spiro atoms. The SMILES string of the molecule is C[C@H](NP(=O)(OC[C@@H]1C(=O)C2CCN1CC2)Oc1ccccc1)C(=O)O. The first-order valence-electron chi connectivity index (χ1n) is 8.65. The van der Waals surface area contributed by atoms with Crippen LogP contribution in [0.15, 0.2) is 30.3 Å². The Balaban J connectivity index is 1.71. The number of carbonyl (C=O) groups is 2. The van der Waals surface area contributed by atoms with Crippen LogP contribution < -0.4 is 9.61 Å². The molecule has 1 aromatic rings. The highest BCUT2D eigenvalue weighted by molar-refractivity contribution is 7.52. The molecule has 0 aromatic heterocycles. The van der Waals surface area contributed by atoms with E-state index < -0.39 is 25.8 Å². The predicted molar refractivity (Wildman–Crippen MR) is 94.0 cm³/mol. The fourth-order valence-corrected chi connectivity index (χ4v) is 4.81. The molecule has 3 fully saturated rings. The van der Waals surface area contributed by atoms with Gasteiger partial charge in [0.1, 0.15) is 11.8 Å². The monoisotopic (exact) mass is 382 g/mol. The third kappa shape index (κ3) is 4.32. The van der Waals surface area contributed by atoms with Gasteiger partial charge in [-0.25, -0.2) is 4.57 Å². The van der Waals surface area contributed by atoms with Crippen LogP contribution in [0.25, 0.3) is 0 Å². The van der Waals surface area contributed by atoms with Crippen LogP contribution in [-0.4, -0.2) is 53.5 Å². The summed E-state index contributed by atoms with van der Waals surface area (Å²) in [6.45, 7) is 2.88. The number of nitrogens with zero attached hydrogens (tertiary/aromatic N) is 1. The van der Waals surface area contributed by atoms with Crippen LogP contribution in [-0.2, 0) is 18.7 Å². The highest BCUT2D eigenvalue weighted by Gasteiger charge is 2.43. The van der Waals surface area contributed by atoms with E-state index >= 15 is 0 Å². The van der Waals surface area contributed by atoms with E-state index in [1.807, 2.05) is 4.90 Å². The normalized spacial score (nSPS) is 28.3. The van der Waals surface area contributed by atoms with Crippen molar-refractivity contribution in [3.8, 4) is 5.75 Å². The largest absolute Gasteiger partial charge is 0.480 e. The second kappa shape index (κ2) is 7.88. The lowest BCUT2D eigenvalue weighted by Crippen LogP contribution is -2.57. The maximum absolute atomic E-state index is 13.1. The number of piperidine rings is 3. The van der Waals surface area contributed by atoms with E-state index in [4.69, 9.17) is 14.2 Å². The number of carbonyl (C=O) groups excluding carboxylic acids is 1. The molecule has 3 aliphatic heterocycles. The van der Waals surface area contributed by atoms with E-state index in [1.165, 1.54) is 6.92 Å². The third-order valence-electron chi connectivity index (χ3n) is 4.79. The zero-order chi connectivity index (χ0) is 18.7. The first-order chi connectivity index (χ1) is 12.4. The minimum atomic E-state index is -3.98. The van der Waals surface area contributed by atoms with Gasteiger partial charge in [-0.15, -0.1) is 0 Å². The van der Waals surface area contributed by atoms with Gasteiger partial charge < -0.3 is 9.63 Å². The molecule has 3 heterocycles. The summed E-state index contributed by atoms with van der Waals surface area (Å²) in [6.07, 6.45) is 1.70. The molecule has 0 saturated carbocycles. The number of aliphatic carboxylic acids is 1. The average Bonchev–Trinajstić information content (AvgIpc) is 2.62. The van der Waals surface area contributed by atoms with Gasteiger partial charge in [-0.2, -0.15) is 5.09 Å². The van der Waals surface area contributed by atoms with Crippen LogP contribution >= 0.6 is 7.75 Å². The zero-order valence-corrected chi connectivity index (χ0v) is 15.4. The molecule has 1 aromatic carbocycles. The van der Waals surface area contributed by atoms with E-state index in [-0.39, 0.29) is 24.1 Å². The quantitative estimate of drug-likeness (QED) is 0.657. The van der Waals surface area contributed by atoms with E-state index in [0.29, 0.717) is 0 Å². The van der Waals surface area contributed by atoms with Gasteiger partial charge in [-0.3, -0.25) is 19.0 Å². The Morgan fingerprint density at radius 1 is 1.35 bits per heavy atom. The van der Waals surface area contributed by atoms with Crippen LogP contribution in [0.4, 0.5) is 0 Å². The molecule has 1 unspecified atom stereocenters. The molecule has 4 rings (SSSR count). The number of para-hydroxylation sites is 1. The van der Waals surface area contributed by atoms with Crippen molar-refractivity contribution in [2.45, 2.75) is 31.8 Å². The van der Waals surface area contributed by atoms with Gasteiger partial charge in [-0.1, -0.05) is 18.2 Å². The van der Waals surface area contributed by atoms with Gasteiger partial charge in [0.25, 0.3) is 0 Å². The van der Waals surface area contributed by atoms with Crippen LogP contribution in [0.3, 0.4) is 0 Å². The molecule has 3 aliphatic rings. The number of hydrogen-bond acceptors (Lipinski definition) is 6. The Bertz CT molecular complexity index is 704. The Labute approximate surface area is 152 Å². The lowest BCUT2D eigenvalue weighted by Gasteiger charge is -2.43. The van der Waals surface area contributed by atoms with Gasteiger partial charge in [-0.05, 0) is 45.0 Å². The molecular weight excluding hydrogens is 359 g/mol. The van der Waals surface area contributed by atoms with Crippen LogP contribution in [0, 0.1) is 5.92 Å². The molecule has 8 nitrogen and oxygen atoms in total. The molecule has 142 valence electrons. The summed E-state index contributed by atoms with van der Waals surface area (Å²) >= 11 is 0. The fraction of sp³-hybridized carbons (Fsp3) is 0.529. The molecule has 0 radical (unpaired) electrons. The van der Waals surface area contributed by atoms with Crippen LogP contribution in [0.5, 0.6) is 5.75 Å². The standard InChI is InChI=1S/C17H23N2O6P/c1-12(17(21)22)18-26(23,25-14-5-3-2-4-6-14)24-11-15-16(20)13-7-9-19(15)10-8-13/h2-6,12-13,15H,7-11H2,1H3,(H,18,23)(H,21,22)/t12-,15+,26?/m0/s1. The fourth-order valence-electron chi connectivity index (χ4n) is 3.31. The smallest absolute Gasteiger partial charge is 0.459 e. The lowest BCUT2D eigenvalue weighted by molar-refractivity contribution is -0.139. The van der Waals surface area contributed by atoms with E-state index in [2.05, 4.69) is 5.09 Å². The molecule has 0 aliphatic carbocycles. The Kier molecular flexibility index (Phi) is 5.77. The predicted octanol–water partition coefficient (Wildman–Crippen LogP) is 1.92. The minimum Gasteiger partial charge on any atom is -0.480 e. The number of carboxylic acids is 1. The highest BCUT2D eigenvalue weighted by Crippen LogP contribution is 2.45. The number of Topliss-reactive ketones (excluding diaryl/α,β-unsaturated/α-hetero) is 1. The van der Waals surface area contributed by atoms with Crippen LogP contribution in [0.1, 0.15) is 19.8 Å². The Morgan fingerprint density at radius 3 is 2.58 bits per heavy atom.